The second kappa shape index (κ2) is 8.64. The van der Waals surface area contributed by atoms with Crippen LogP contribution < -0.4 is 9.86 Å². The maximum atomic E-state index is 13.6. The molecule has 4 rings (SSSR count). The summed E-state index contributed by atoms with van der Waals surface area (Å²) in [5.74, 6) is 0. The van der Waals surface area contributed by atoms with E-state index in [2.05, 4.69) is 4.98 Å². The molecule has 0 unspecified atom stereocenters. The maximum absolute atomic E-state index is 13.6. The highest BCUT2D eigenvalue weighted by Gasteiger charge is 2.28. The molecule has 0 radical (unpaired) electrons. The molecule has 168 valence electrons. The van der Waals surface area contributed by atoms with Crippen LogP contribution in [0.1, 0.15) is 11.3 Å². The van der Waals surface area contributed by atoms with E-state index >= 15 is 0 Å². The lowest BCUT2D eigenvalue weighted by atomic mass is 10.3. The van der Waals surface area contributed by atoms with Crippen molar-refractivity contribution in [2.24, 2.45) is 0 Å². The number of aryl methyl sites for hydroxylation is 1. The minimum Gasteiger partial charge on any atom is -0.269 e. The number of pyridine rings is 1. The third kappa shape index (κ3) is 4.43. The Balaban J connectivity index is 1.84. The Labute approximate surface area is 193 Å². The molecular formula is C22H17ClN4O5S. The summed E-state index contributed by atoms with van der Waals surface area (Å²) < 4.78 is 29.6. The van der Waals surface area contributed by atoms with Gasteiger partial charge in [-0.1, -0.05) is 35.9 Å². The predicted molar refractivity (Wildman–Crippen MR) is 124 cm³/mol. The standard InChI is InChI=1S/C22H17ClN4O5S/c1-15-7-10-21-24-16(11-22(28)25(21)13-15)14-26(17-5-3-2-4-6-17)33(31,32)18-8-9-19(23)20(12-18)27(29)30/h2-13H,14H2,1H3. The van der Waals surface area contributed by atoms with Crippen LogP contribution in [-0.2, 0) is 16.6 Å². The molecule has 33 heavy (non-hydrogen) atoms. The zero-order chi connectivity index (χ0) is 23.8. The van der Waals surface area contributed by atoms with Gasteiger partial charge in [0.1, 0.15) is 10.7 Å². The third-order valence-electron chi connectivity index (χ3n) is 4.91. The van der Waals surface area contributed by atoms with E-state index in [9.17, 15) is 23.3 Å². The fourth-order valence-corrected chi connectivity index (χ4v) is 4.96. The fraction of sp³-hybridized carbons (Fsp3) is 0.0909. The Hall–Kier alpha value is -3.76. The molecule has 0 spiro atoms. The number of aromatic nitrogens is 2. The molecule has 2 aromatic heterocycles. The minimum absolute atomic E-state index is 0.176. The number of nitrogens with zero attached hydrogens (tertiary/aromatic N) is 4. The first-order chi connectivity index (χ1) is 15.7. The van der Waals surface area contributed by atoms with Crippen molar-refractivity contribution < 1.29 is 13.3 Å². The quantitative estimate of drug-likeness (QED) is 0.302. The van der Waals surface area contributed by atoms with Gasteiger partial charge in [0, 0.05) is 18.3 Å². The summed E-state index contributed by atoms with van der Waals surface area (Å²) in [6.45, 7) is 1.58. The molecule has 2 aromatic carbocycles. The normalized spacial score (nSPS) is 11.5. The van der Waals surface area contributed by atoms with Gasteiger partial charge >= 0.3 is 0 Å². The van der Waals surface area contributed by atoms with E-state index in [4.69, 9.17) is 11.6 Å². The highest BCUT2D eigenvalue weighted by molar-refractivity contribution is 7.92. The van der Waals surface area contributed by atoms with Crippen LogP contribution in [0.25, 0.3) is 5.65 Å². The Bertz CT molecular complexity index is 1540. The molecule has 0 saturated carbocycles. The van der Waals surface area contributed by atoms with Crippen molar-refractivity contribution in [3.63, 3.8) is 0 Å². The van der Waals surface area contributed by atoms with Crippen LogP contribution in [0.2, 0.25) is 5.02 Å². The Morgan fingerprint density at radius 3 is 2.52 bits per heavy atom. The molecule has 0 aliphatic carbocycles. The summed E-state index contributed by atoms with van der Waals surface area (Å²) in [6.07, 6.45) is 1.65. The van der Waals surface area contributed by atoms with E-state index in [1.165, 1.54) is 22.6 Å². The molecule has 0 fully saturated rings. The van der Waals surface area contributed by atoms with Gasteiger partial charge in [0.25, 0.3) is 21.3 Å². The summed E-state index contributed by atoms with van der Waals surface area (Å²) in [5, 5.41) is 11.1. The molecule has 0 saturated heterocycles. The molecule has 0 amide bonds. The van der Waals surface area contributed by atoms with E-state index in [1.807, 2.05) is 6.92 Å². The van der Waals surface area contributed by atoms with Crippen molar-refractivity contribution in [3.05, 3.63) is 110 Å². The smallest absolute Gasteiger partial charge is 0.269 e. The van der Waals surface area contributed by atoms with E-state index in [0.29, 0.717) is 11.3 Å². The zero-order valence-corrected chi connectivity index (χ0v) is 18.8. The number of anilines is 1. The van der Waals surface area contributed by atoms with Gasteiger partial charge in [-0.2, -0.15) is 0 Å². The first-order valence-electron chi connectivity index (χ1n) is 9.67. The lowest BCUT2D eigenvalue weighted by molar-refractivity contribution is -0.384. The average molecular weight is 485 g/mol. The van der Waals surface area contributed by atoms with Gasteiger partial charge in [-0.05, 0) is 42.8 Å². The third-order valence-corrected chi connectivity index (χ3v) is 7.00. The lowest BCUT2D eigenvalue weighted by Crippen LogP contribution is -2.32. The molecule has 9 nitrogen and oxygen atoms in total. The van der Waals surface area contributed by atoms with Crippen molar-refractivity contribution in [3.8, 4) is 0 Å². The first-order valence-corrected chi connectivity index (χ1v) is 11.5. The summed E-state index contributed by atoms with van der Waals surface area (Å²) in [7, 11) is -4.28. The summed E-state index contributed by atoms with van der Waals surface area (Å²) in [4.78, 5) is 27.3. The van der Waals surface area contributed by atoms with Gasteiger partial charge in [-0.15, -0.1) is 0 Å². The summed E-state index contributed by atoms with van der Waals surface area (Å²) in [5.41, 5.74) is 0.891. The Morgan fingerprint density at radius 1 is 1.09 bits per heavy atom. The van der Waals surface area contributed by atoms with Crippen LogP contribution in [0, 0.1) is 17.0 Å². The van der Waals surface area contributed by atoms with Crippen molar-refractivity contribution in [2.45, 2.75) is 18.4 Å². The number of sulfonamides is 1. The molecule has 0 bridgehead atoms. The highest BCUT2D eigenvalue weighted by Crippen LogP contribution is 2.31. The first kappa shape index (κ1) is 22.4. The molecule has 0 atom stereocenters. The number of nitro benzene ring substituents is 1. The molecule has 11 heteroatoms. The van der Waals surface area contributed by atoms with Gasteiger partial charge < -0.3 is 0 Å². The second-order valence-corrected chi connectivity index (χ2v) is 9.51. The van der Waals surface area contributed by atoms with E-state index in [-0.39, 0.29) is 27.7 Å². The van der Waals surface area contributed by atoms with E-state index in [0.717, 1.165) is 15.9 Å². The largest absolute Gasteiger partial charge is 0.289 e. The maximum Gasteiger partial charge on any atom is 0.289 e. The van der Waals surface area contributed by atoms with Crippen LogP contribution in [0.5, 0.6) is 0 Å². The number of halogens is 1. The van der Waals surface area contributed by atoms with Crippen molar-refractivity contribution >= 4 is 38.6 Å². The molecule has 0 aliphatic heterocycles. The van der Waals surface area contributed by atoms with Crippen molar-refractivity contribution in [1.82, 2.24) is 9.38 Å². The molecular weight excluding hydrogens is 468 g/mol. The Morgan fingerprint density at radius 2 is 1.82 bits per heavy atom. The van der Waals surface area contributed by atoms with E-state index < -0.39 is 20.6 Å². The molecule has 0 aliphatic rings. The SMILES string of the molecule is Cc1ccc2nc(CN(c3ccccc3)S(=O)(=O)c3ccc(Cl)c([N+](=O)[O-])c3)cc(=O)n2c1. The van der Waals surface area contributed by atoms with Crippen LogP contribution in [0.3, 0.4) is 0 Å². The molecule has 0 N–H and O–H groups in total. The van der Waals surface area contributed by atoms with Crippen molar-refractivity contribution in [1.29, 1.82) is 0 Å². The number of para-hydroxylation sites is 1. The fourth-order valence-electron chi connectivity index (χ4n) is 3.32. The van der Waals surface area contributed by atoms with Crippen LogP contribution in [-0.4, -0.2) is 22.7 Å². The number of nitro groups is 1. The monoisotopic (exact) mass is 484 g/mol. The van der Waals surface area contributed by atoms with Gasteiger partial charge in [0.15, 0.2) is 0 Å². The number of hydrogen-bond acceptors (Lipinski definition) is 6. The number of fused-ring (bicyclic) bond motifs is 1. The van der Waals surface area contributed by atoms with E-state index in [1.54, 1.807) is 48.7 Å². The lowest BCUT2D eigenvalue weighted by Gasteiger charge is -2.24. The average Bonchev–Trinajstić information content (AvgIpc) is 2.78. The summed E-state index contributed by atoms with van der Waals surface area (Å²) in [6, 6.07) is 16.2. The van der Waals surface area contributed by atoms with Gasteiger partial charge in [-0.3, -0.25) is 23.6 Å². The molecule has 2 heterocycles. The van der Waals surface area contributed by atoms with Crippen LogP contribution >= 0.6 is 11.6 Å². The van der Waals surface area contributed by atoms with Crippen LogP contribution in [0.4, 0.5) is 11.4 Å². The number of rotatable bonds is 6. The number of hydrogen-bond donors (Lipinski definition) is 0. The number of benzene rings is 2. The molecule has 4 aromatic rings. The van der Waals surface area contributed by atoms with Crippen LogP contribution in [0.15, 0.2) is 82.6 Å². The zero-order valence-electron chi connectivity index (χ0n) is 17.3. The topological polar surface area (TPSA) is 115 Å². The Kier molecular flexibility index (Phi) is 5.88. The van der Waals surface area contributed by atoms with Gasteiger partial charge in [0.2, 0.25) is 0 Å². The van der Waals surface area contributed by atoms with Gasteiger partial charge in [-0.25, -0.2) is 13.4 Å². The summed E-state index contributed by atoms with van der Waals surface area (Å²) >= 11 is 5.85. The van der Waals surface area contributed by atoms with Crippen molar-refractivity contribution in [2.75, 3.05) is 4.31 Å². The minimum atomic E-state index is -4.28. The second-order valence-electron chi connectivity index (χ2n) is 7.24. The highest BCUT2D eigenvalue weighted by atomic mass is 35.5. The predicted octanol–water partition coefficient (Wildman–Crippen LogP) is 3.96. The van der Waals surface area contributed by atoms with Gasteiger partial charge in [0.05, 0.1) is 27.7 Å².